The minimum Gasteiger partial charge on any atom is -0.357 e. The number of amides is 2. The van der Waals surface area contributed by atoms with E-state index in [9.17, 15) is 18.0 Å². The Morgan fingerprint density at radius 2 is 1.62 bits per heavy atom. The molecule has 0 aliphatic heterocycles. The van der Waals surface area contributed by atoms with Crippen molar-refractivity contribution in [3.63, 3.8) is 0 Å². The highest BCUT2D eigenvalue weighted by Gasteiger charge is 2.32. The lowest BCUT2D eigenvalue weighted by Gasteiger charge is -2.33. The SMILES string of the molecule is CCc1ccccc1N(CC(=O)N(Cc1ccccc1Cl)[C@@H](CC)C(=O)NC)S(C)(=O)=O. The molecule has 174 valence electrons. The van der Waals surface area contributed by atoms with Gasteiger partial charge < -0.3 is 10.2 Å². The van der Waals surface area contributed by atoms with Gasteiger partial charge in [0.15, 0.2) is 0 Å². The second-order valence-corrected chi connectivity index (χ2v) is 9.72. The van der Waals surface area contributed by atoms with Gasteiger partial charge in [-0.2, -0.15) is 0 Å². The summed E-state index contributed by atoms with van der Waals surface area (Å²) in [7, 11) is -2.26. The number of carbonyl (C=O) groups is 2. The van der Waals surface area contributed by atoms with Crippen molar-refractivity contribution in [1.29, 1.82) is 0 Å². The van der Waals surface area contributed by atoms with E-state index in [4.69, 9.17) is 11.6 Å². The third kappa shape index (κ3) is 6.23. The molecule has 2 aromatic carbocycles. The van der Waals surface area contributed by atoms with E-state index >= 15 is 0 Å². The molecular formula is C23H30ClN3O4S. The lowest BCUT2D eigenvalue weighted by molar-refractivity contribution is -0.140. The van der Waals surface area contributed by atoms with E-state index in [0.29, 0.717) is 29.1 Å². The number of nitrogens with one attached hydrogen (secondary N) is 1. The van der Waals surface area contributed by atoms with E-state index in [0.717, 1.165) is 16.1 Å². The number of hydrogen-bond acceptors (Lipinski definition) is 4. The Balaban J connectivity index is 2.48. The van der Waals surface area contributed by atoms with Crippen molar-refractivity contribution in [2.75, 3.05) is 24.2 Å². The number of halogens is 1. The average Bonchev–Trinajstić information content (AvgIpc) is 2.77. The van der Waals surface area contributed by atoms with Gasteiger partial charge in [-0.05, 0) is 36.1 Å². The van der Waals surface area contributed by atoms with Gasteiger partial charge in [-0.25, -0.2) is 8.42 Å². The summed E-state index contributed by atoms with van der Waals surface area (Å²) in [6, 6.07) is 13.4. The Labute approximate surface area is 195 Å². The summed E-state index contributed by atoms with van der Waals surface area (Å²) in [5.41, 5.74) is 1.93. The van der Waals surface area contributed by atoms with Gasteiger partial charge in [0.05, 0.1) is 11.9 Å². The summed E-state index contributed by atoms with van der Waals surface area (Å²) in [6.07, 6.45) is 2.04. The van der Waals surface area contributed by atoms with Crippen molar-refractivity contribution < 1.29 is 18.0 Å². The zero-order valence-electron chi connectivity index (χ0n) is 18.8. The smallest absolute Gasteiger partial charge is 0.244 e. The van der Waals surface area contributed by atoms with Crippen LogP contribution in [0, 0.1) is 0 Å². The summed E-state index contributed by atoms with van der Waals surface area (Å²) in [5.74, 6) is -0.815. The Kier molecular flexibility index (Phi) is 9.09. The highest BCUT2D eigenvalue weighted by atomic mass is 35.5. The molecule has 0 bridgehead atoms. The molecule has 0 aliphatic rings. The molecule has 0 radical (unpaired) electrons. The predicted octanol–water partition coefficient (Wildman–Crippen LogP) is 3.22. The highest BCUT2D eigenvalue weighted by Crippen LogP contribution is 2.25. The fraction of sp³-hybridized carbons (Fsp3) is 0.391. The third-order valence-electron chi connectivity index (χ3n) is 5.25. The molecule has 0 saturated heterocycles. The normalized spacial score (nSPS) is 12.2. The maximum atomic E-state index is 13.5. The Morgan fingerprint density at radius 3 is 2.16 bits per heavy atom. The first-order valence-corrected chi connectivity index (χ1v) is 12.7. The molecule has 2 amide bonds. The largest absolute Gasteiger partial charge is 0.357 e. The van der Waals surface area contributed by atoms with Crippen LogP contribution in [0.5, 0.6) is 0 Å². The Bertz CT molecular complexity index is 1060. The second-order valence-electron chi connectivity index (χ2n) is 7.40. The first kappa shape index (κ1) is 25.7. The molecule has 7 nitrogen and oxygen atoms in total. The number of anilines is 1. The van der Waals surface area contributed by atoms with E-state index in [1.807, 2.05) is 19.1 Å². The number of aryl methyl sites for hydroxylation is 1. The van der Waals surface area contributed by atoms with Gasteiger partial charge in [0.1, 0.15) is 12.6 Å². The van der Waals surface area contributed by atoms with E-state index in [2.05, 4.69) is 5.32 Å². The minimum absolute atomic E-state index is 0.0808. The van der Waals surface area contributed by atoms with Crippen LogP contribution in [0.25, 0.3) is 0 Å². The minimum atomic E-state index is -3.76. The average molecular weight is 480 g/mol. The van der Waals surface area contributed by atoms with Crippen LogP contribution in [0.3, 0.4) is 0 Å². The number of sulfonamides is 1. The number of rotatable bonds is 10. The van der Waals surface area contributed by atoms with E-state index in [1.54, 1.807) is 43.3 Å². The monoisotopic (exact) mass is 479 g/mol. The first-order valence-electron chi connectivity index (χ1n) is 10.4. The molecule has 1 atom stereocenters. The highest BCUT2D eigenvalue weighted by molar-refractivity contribution is 7.92. The van der Waals surface area contributed by atoms with Crippen LogP contribution < -0.4 is 9.62 Å². The first-order chi connectivity index (χ1) is 15.1. The lowest BCUT2D eigenvalue weighted by atomic mass is 10.1. The van der Waals surface area contributed by atoms with E-state index in [1.165, 1.54) is 11.9 Å². The Hall–Kier alpha value is -2.58. The fourth-order valence-corrected chi connectivity index (χ4v) is 4.62. The Morgan fingerprint density at radius 1 is 1.03 bits per heavy atom. The predicted molar refractivity (Wildman–Crippen MR) is 128 cm³/mol. The van der Waals surface area contributed by atoms with E-state index < -0.39 is 28.5 Å². The number of nitrogens with zero attached hydrogens (tertiary/aromatic N) is 2. The van der Waals surface area contributed by atoms with Crippen LogP contribution in [-0.2, 0) is 32.6 Å². The van der Waals surface area contributed by atoms with Gasteiger partial charge in [-0.15, -0.1) is 0 Å². The summed E-state index contributed by atoms with van der Waals surface area (Å²) in [5, 5.41) is 3.05. The maximum Gasteiger partial charge on any atom is 0.244 e. The van der Waals surface area contributed by atoms with Crippen molar-refractivity contribution in [2.24, 2.45) is 0 Å². The number of hydrogen-bond donors (Lipinski definition) is 1. The molecule has 0 spiro atoms. The van der Waals surface area contributed by atoms with Crippen molar-refractivity contribution in [3.05, 3.63) is 64.7 Å². The standard InChI is InChI=1S/C23H30ClN3O4S/c1-5-17-11-8-10-14-21(17)27(32(4,30)31)16-22(28)26(20(6-2)23(29)25-3)15-18-12-7-9-13-19(18)24/h7-14,20H,5-6,15-16H2,1-4H3,(H,25,29)/t20-/m0/s1. The number of para-hydroxylation sites is 1. The molecule has 1 N–H and O–H groups in total. The second kappa shape index (κ2) is 11.3. The molecule has 0 unspecified atom stereocenters. The van der Waals surface area contributed by atoms with Crippen molar-refractivity contribution in [2.45, 2.75) is 39.3 Å². The van der Waals surface area contributed by atoms with Crippen molar-refractivity contribution >= 4 is 39.1 Å². The van der Waals surface area contributed by atoms with Gasteiger partial charge in [-0.1, -0.05) is 61.8 Å². The summed E-state index contributed by atoms with van der Waals surface area (Å²) in [6.45, 7) is 3.38. The topological polar surface area (TPSA) is 86.8 Å². The summed E-state index contributed by atoms with van der Waals surface area (Å²) < 4.78 is 26.4. The van der Waals surface area contributed by atoms with Crippen LogP contribution in [0.4, 0.5) is 5.69 Å². The molecule has 0 heterocycles. The van der Waals surface area contributed by atoms with Crippen LogP contribution in [0.1, 0.15) is 31.4 Å². The van der Waals surface area contributed by atoms with Gasteiger partial charge in [-0.3, -0.25) is 13.9 Å². The number of likely N-dealkylation sites (N-methyl/N-ethyl adjacent to an activating group) is 1. The third-order valence-corrected chi connectivity index (χ3v) is 6.75. The van der Waals surface area contributed by atoms with Crippen molar-refractivity contribution in [1.82, 2.24) is 10.2 Å². The molecule has 2 rings (SSSR count). The molecular weight excluding hydrogens is 450 g/mol. The van der Waals surface area contributed by atoms with E-state index in [-0.39, 0.29) is 12.5 Å². The zero-order chi connectivity index (χ0) is 23.9. The van der Waals surface area contributed by atoms with Gasteiger partial charge in [0.25, 0.3) is 0 Å². The van der Waals surface area contributed by atoms with Gasteiger partial charge in [0, 0.05) is 18.6 Å². The van der Waals surface area contributed by atoms with Crippen LogP contribution in [-0.4, -0.2) is 51.0 Å². The molecule has 0 aromatic heterocycles. The molecule has 9 heteroatoms. The molecule has 0 fully saturated rings. The molecule has 0 aliphatic carbocycles. The maximum absolute atomic E-state index is 13.5. The summed E-state index contributed by atoms with van der Waals surface area (Å²) >= 11 is 6.30. The lowest BCUT2D eigenvalue weighted by Crippen LogP contribution is -2.51. The zero-order valence-corrected chi connectivity index (χ0v) is 20.4. The van der Waals surface area contributed by atoms with Gasteiger partial charge >= 0.3 is 0 Å². The number of carbonyl (C=O) groups excluding carboxylic acids is 2. The number of benzene rings is 2. The summed E-state index contributed by atoms with van der Waals surface area (Å²) in [4.78, 5) is 27.4. The fourth-order valence-electron chi connectivity index (χ4n) is 3.54. The molecule has 32 heavy (non-hydrogen) atoms. The van der Waals surface area contributed by atoms with Crippen LogP contribution in [0.2, 0.25) is 5.02 Å². The van der Waals surface area contributed by atoms with Crippen LogP contribution >= 0.6 is 11.6 Å². The van der Waals surface area contributed by atoms with Crippen LogP contribution in [0.15, 0.2) is 48.5 Å². The molecule has 0 saturated carbocycles. The van der Waals surface area contributed by atoms with Gasteiger partial charge in [0.2, 0.25) is 21.8 Å². The van der Waals surface area contributed by atoms with Crippen molar-refractivity contribution in [3.8, 4) is 0 Å². The quantitative estimate of drug-likeness (QED) is 0.566. The molecule has 2 aromatic rings.